The number of alkyl halides is 2. The molecule has 0 atom stereocenters. The molecule has 1 N–H and O–H groups in total. The number of hydrogen-bond acceptors (Lipinski definition) is 1. The lowest BCUT2D eigenvalue weighted by Crippen LogP contribution is -2.37. The maximum absolute atomic E-state index is 12.0. The van der Waals surface area contributed by atoms with Crippen molar-refractivity contribution in [2.45, 2.75) is 47.0 Å². The Balaban J connectivity index is 0. The van der Waals surface area contributed by atoms with Gasteiger partial charge < -0.3 is 5.32 Å². The highest BCUT2D eigenvalue weighted by molar-refractivity contribution is 5.82. The molecular formula is C10H21F2NO. The lowest BCUT2D eigenvalue weighted by Gasteiger charge is -2.08. The summed E-state index contributed by atoms with van der Waals surface area (Å²) in [4.78, 5) is 10.4. The van der Waals surface area contributed by atoms with Gasteiger partial charge >= 0.3 is 5.92 Å². The first-order chi connectivity index (χ1) is 6.21. The summed E-state index contributed by atoms with van der Waals surface area (Å²) >= 11 is 0. The molecule has 0 saturated heterocycles. The molecule has 0 aromatic carbocycles. The van der Waals surface area contributed by atoms with E-state index in [2.05, 4.69) is 26.1 Å². The first-order valence-electron chi connectivity index (χ1n) is 4.87. The van der Waals surface area contributed by atoms with Gasteiger partial charge in [0.2, 0.25) is 0 Å². The molecule has 0 rings (SSSR count). The molecule has 0 saturated carbocycles. The van der Waals surface area contributed by atoms with E-state index >= 15 is 0 Å². The predicted molar refractivity (Wildman–Crippen MR) is 54.4 cm³/mol. The van der Waals surface area contributed by atoms with Crippen molar-refractivity contribution >= 4 is 5.91 Å². The average Bonchev–Trinajstić information content (AvgIpc) is 1.97. The topological polar surface area (TPSA) is 29.1 Å². The molecule has 0 aliphatic heterocycles. The highest BCUT2D eigenvalue weighted by Crippen LogP contribution is 2.10. The fourth-order valence-corrected chi connectivity index (χ4v) is 0.394. The molecule has 0 spiro atoms. The number of halogens is 2. The van der Waals surface area contributed by atoms with Crippen molar-refractivity contribution in [2.75, 3.05) is 6.54 Å². The van der Waals surface area contributed by atoms with Gasteiger partial charge in [-0.05, 0) is 12.3 Å². The minimum Gasteiger partial charge on any atom is -0.351 e. The van der Waals surface area contributed by atoms with Crippen molar-refractivity contribution in [3.63, 3.8) is 0 Å². The summed E-state index contributed by atoms with van der Waals surface area (Å²) in [6, 6.07) is 0. The Morgan fingerprint density at radius 3 is 1.93 bits per heavy atom. The van der Waals surface area contributed by atoms with Crippen molar-refractivity contribution in [1.82, 2.24) is 5.32 Å². The second kappa shape index (κ2) is 7.71. The van der Waals surface area contributed by atoms with Gasteiger partial charge in [-0.15, -0.1) is 0 Å². The molecule has 4 heteroatoms. The zero-order valence-corrected chi connectivity index (χ0v) is 9.66. The first kappa shape index (κ1) is 15.8. The van der Waals surface area contributed by atoms with Crippen LogP contribution in [0.2, 0.25) is 0 Å². The van der Waals surface area contributed by atoms with Crippen LogP contribution in [0.1, 0.15) is 41.0 Å². The summed E-state index contributed by atoms with van der Waals surface area (Å²) in [5, 5.41) is 2.08. The van der Waals surface area contributed by atoms with Crippen molar-refractivity contribution in [1.29, 1.82) is 0 Å². The van der Waals surface area contributed by atoms with Crippen LogP contribution in [0.25, 0.3) is 0 Å². The molecule has 0 unspecified atom stereocenters. The number of amides is 1. The summed E-state index contributed by atoms with van der Waals surface area (Å²) in [5.41, 5.74) is 0. The van der Waals surface area contributed by atoms with Gasteiger partial charge in [-0.25, -0.2) is 0 Å². The molecule has 0 aliphatic carbocycles. The van der Waals surface area contributed by atoms with Crippen LogP contribution in [0.4, 0.5) is 8.78 Å². The molecule has 14 heavy (non-hydrogen) atoms. The SMILES string of the molecule is CC(C)C.CCCNC(=O)C(C)(F)F. The van der Waals surface area contributed by atoms with Crippen molar-refractivity contribution < 1.29 is 13.6 Å². The zero-order chi connectivity index (χ0) is 11.8. The molecule has 0 fully saturated rings. The summed E-state index contributed by atoms with van der Waals surface area (Å²) in [7, 11) is 0. The van der Waals surface area contributed by atoms with Crippen LogP contribution in [0, 0.1) is 5.92 Å². The lowest BCUT2D eigenvalue weighted by atomic mass is 10.3. The monoisotopic (exact) mass is 209 g/mol. The Bertz CT molecular complexity index is 150. The zero-order valence-electron chi connectivity index (χ0n) is 9.66. The maximum atomic E-state index is 12.0. The van der Waals surface area contributed by atoms with E-state index in [0.29, 0.717) is 19.9 Å². The lowest BCUT2D eigenvalue weighted by molar-refractivity contribution is -0.142. The summed E-state index contributed by atoms with van der Waals surface area (Å²) in [6.07, 6.45) is 0.668. The van der Waals surface area contributed by atoms with Gasteiger partial charge in [0.1, 0.15) is 0 Å². The Kier molecular flexibility index (Phi) is 8.69. The third-order valence-electron chi connectivity index (χ3n) is 0.934. The molecule has 1 amide bonds. The third kappa shape index (κ3) is 13.9. The van der Waals surface area contributed by atoms with Crippen LogP contribution in [-0.4, -0.2) is 18.4 Å². The van der Waals surface area contributed by atoms with E-state index in [1.807, 2.05) is 0 Å². The molecule has 0 aromatic rings. The fraction of sp³-hybridized carbons (Fsp3) is 0.900. The van der Waals surface area contributed by atoms with Gasteiger partial charge in [0.25, 0.3) is 5.91 Å². The summed E-state index contributed by atoms with van der Waals surface area (Å²) in [6.45, 7) is 9.19. The van der Waals surface area contributed by atoms with Crippen LogP contribution in [-0.2, 0) is 4.79 Å². The minimum absolute atomic E-state index is 0.308. The second-order valence-corrected chi connectivity index (χ2v) is 3.88. The molecule has 2 nitrogen and oxygen atoms in total. The molecule has 86 valence electrons. The number of nitrogens with one attached hydrogen (secondary N) is 1. The normalized spacial score (nSPS) is 10.6. The van der Waals surface area contributed by atoms with E-state index in [1.165, 1.54) is 0 Å². The summed E-state index contributed by atoms with van der Waals surface area (Å²) in [5.74, 6) is -3.61. The van der Waals surface area contributed by atoms with E-state index in [0.717, 1.165) is 5.92 Å². The van der Waals surface area contributed by atoms with E-state index in [9.17, 15) is 13.6 Å². The number of carbonyl (C=O) groups is 1. The molecule has 0 aliphatic rings. The molecule has 0 radical (unpaired) electrons. The maximum Gasteiger partial charge on any atom is 0.321 e. The largest absolute Gasteiger partial charge is 0.351 e. The molecule has 0 bridgehead atoms. The van der Waals surface area contributed by atoms with Gasteiger partial charge in [-0.1, -0.05) is 27.7 Å². The van der Waals surface area contributed by atoms with Crippen molar-refractivity contribution in [3.05, 3.63) is 0 Å². The minimum atomic E-state index is -3.24. The summed E-state index contributed by atoms with van der Waals surface area (Å²) < 4.78 is 24.1. The second-order valence-electron chi connectivity index (χ2n) is 3.88. The Morgan fingerprint density at radius 2 is 1.71 bits per heavy atom. The van der Waals surface area contributed by atoms with Gasteiger partial charge in [-0.2, -0.15) is 8.78 Å². The predicted octanol–water partition coefficient (Wildman–Crippen LogP) is 2.83. The molecular weight excluding hydrogens is 188 g/mol. The number of rotatable bonds is 3. The standard InChI is InChI=1S/C6H11F2NO.C4H10/c1-3-4-9-5(10)6(2,7)8;1-4(2)3/h3-4H2,1-2H3,(H,9,10);4H,1-3H3. The van der Waals surface area contributed by atoms with Gasteiger partial charge in [0, 0.05) is 13.5 Å². The van der Waals surface area contributed by atoms with E-state index in [1.54, 1.807) is 6.92 Å². The van der Waals surface area contributed by atoms with Crippen LogP contribution in [0.5, 0.6) is 0 Å². The number of carbonyl (C=O) groups excluding carboxylic acids is 1. The quantitative estimate of drug-likeness (QED) is 0.760. The average molecular weight is 209 g/mol. The van der Waals surface area contributed by atoms with Gasteiger partial charge in [0.05, 0.1) is 0 Å². The number of hydrogen-bond donors (Lipinski definition) is 1. The Hall–Kier alpha value is -0.670. The van der Waals surface area contributed by atoms with Gasteiger partial charge in [-0.3, -0.25) is 4.79 Å². The van der Waals surface area contributed by atoms with Crippen LogP contribution >= 0.6 is 0 Å². The van der Waals surface area contributed by atoms with Crippen LogP contribution in [0.15, 0.2) is 0 Å². The highest BCUT2D eigenvalue weighted by atomic mass is 19.3. The highest BCUT2D eigenvalue weighted by Gasteiger charge is 2.31. The Morgan fingerprint density at radius 1 is 1.36 bits per heavy atom. The first-order valence-corrected chi connectivity index (χ1v) is 4.87. The third-order valence-corrected chi connectivity index (χ3v) is 0.934. The van der Waals surface area contributed by atoms with E-state index in [4.69, 9.17) is 0 Å². The van der Waals surface area contributed by atoms with Gasteiger partial charge in [0.15, 0.2) is 0 Å². The van der Waals surface area contributed by atoms with Crippen LogP contribution in [0.3, 0.4) is 0 Å². The van der Waals surface area contributed by atoms with Crippen molar-refractivity contribution in [3.8, 4) is 0 Å². The van der Waals surface area contributed by atoms with E-state index < -0.39 is 11.8 Å². The fourth-order valence-electron chi connectivity index (χ4n) is 0.394. The molecule has 0 heterocycles. The Labute approximate surface area is 85.1 Å². The molecule has 0 aromatic heterocycles. The smallest absolute Gasteiger partial charge is 0.321 e. The van der Waals surface area contributed by atoms with Crippen molar-refractivity contribution in [2.24, 2.45) is 5.92 Å². The van der Waals surface area contributed by atoms with Crippen LogP contribution < -0.4 is 5.32 Å². The van der Waals surface area contributed by atoms with E-state index in [-0.39, 0.29) is 0 Å².